The van der Waals surface area contributed by atoms with Crippen LogP contribution in [0, 0.1) is 12.7 Å². The quantitative estimate of drug-likeness (QED) is 0.346. The Morgan fingerprint density at radius 3 is 2.44 bits per heavy atom. The zero-order chi connectivity index (χ0) is 22.2. The van der Waals surface area contributed by atoms with Gasteiger partial charge in [-0.3, -0.25) is 4.98 Å². The molecule has 0 aliphatic heterocycles. The predicted molar refractivity (Wildman–Crippen MR) is 123 cm³/mol. The van der Waals surface area contributed by atoms with Crippen molar-refractivity contribution < 1.29 is 8.81 Å². The monoisotopic (exact) mass is 427 g/mol. The van der Waals surface area contributed by atoms with Crippen molar-refractivity contribution in [1.29, 1.82) is 0 Å². The zero-order valence-corrected chi connectivity index (χ0v) is 18.0. The standard InChI is InChI=1S/C25H22FN5O/c1-15(2)31-22-6-4-5-21(24(22)30-25(31)17-7-9-18(26)10-8-17)29-19-11-12-20(28-13-19)23-14-27-16(3)32-23/h4-15,29H,1-3H3. The van der Waals surface area contributed by atoms with Crippen LogP contribution in [0.5, 0.6) is 0 Å². The van der Waals surface area contributed by atoms with Gasteiger partial charge in [-0.2, -0.15) is 0 Å². The number of anilines is 2. The third kappa shape index (κ3) is 3.62. The number of imidazole rings is 1. The molecular formula is C25H22FN5O. The maximum absolute atomic E-state index is 13.5. The molecule has 6 nitrogen and oxygen atoms in total. The smallest absolute Gasteiger partial charge is 0.191 e. The van der Waals surface area contributed by atoms with E-state index in [0.29, 0.717) is 11.7 Å². The number of pyridine rings is 1. The Kier molecular flexibility index (Phi) is 4.93. The van der Waals surface area contributed by atoms with E-state index in [1.807, 2.05) is 30.3 Å². The lowest BCUT2D eigenvalue weighted by atomic mass is 10.2. The van der Waals surface area contributed by atoms with Crippen LogP contribution in [0.3, 0.4) is 0 Å². The van der Waals surface area contributed by atoms with Crippen LogP contribution < -0.4 is 5.32 Å². The molecule has 3 aromatic heterocycles. The summed E-state index contributed by atoms with van der Waals surface area (Å²) >= 11 is 0. The van der Waals surface area contributed by atoms with Crippen LogP contribution in [0.4, 0.5) is 15.8 Å². The summed E-state index contributed by atoms with van der Waals surface area (Å²) in [5, 5.41) is 3.43. The molecule has 7 heteroatoms. The van der Waals surface area contributed by atoms with Gasteiger partial charge in [0.1, 0.15) is 22.9 Å². The summed E-state index contributed by atoms with van der Waals surface area (Å²) in [5.74, 6) is 1.78. The van der Waals surface area contributed by atoms with Gasteiger partial charge >= 0.3 is 0 Å². The Morgan fingerprint density at radius 1 is 0.969 bits per heavy atom. The summed E-state index contributed by atoms with van der Waals surface area (Å²) in [4.78, 5) is 13.5. The highest BCUT2D eigenvalue weighted by molar-refractivity contribution is 5.93. The Balaban J connectivity index is 1.53. The maximum Gasteiger partial charge on any atom is 0.191 e. The zero-order valence-electron chi connectivity index (χ0n) is 18.0. The molecule has 5 rings (SSSR count). The molecule has 0 aliphatic carbocycles. The highest BCUT2D eigenvalue weighted by Crippen LogP contribution is 2.33. The average molecular weight is 427 g/mol. The van der Waals surface area contributed by atoms with Crippen LogP contribution >= 0.6 is 0 Å². The molecule has 1 N–H and O–H groups in total. The van der Waals surface area contributed by atoms with Crippen LogP contribution in [0.25, 0.3) is 33.9 Å². The van der Waals surface area contributed by atoms with Gasteiger partial charge in [-0.1, -0.05) is 6.07 Å². The summed E-state index contributed by atoms with van der Waals surface area (Å²) in [5.41, 5.74) is 5.14. The number of hydrogen-bond acceptors (Lipinski definition) is 5. The van der Waals surface area contributed by atoms with Crippen molar-refractivity contribution in [1.82, 2.24) is 19.5 Å². The number of aryl methyl sites for hydroxylation is 1. The first-order valence-electron chi connectivity index (χ1n) is 10.4. The molecule has 0 saturated heterocycles. The minimum atomic E-state index is -0.264. The molecule has 5 aromatic rings. The fourth-order valence-corrected chi connectivity index (χ4v) is 3.79. The van der Waals surface area contributed by atoms with Crippen LogP contribution in [-0.2, 0) is 0 Å². The normalized spacial score (nSPS) is 11.4. The molecule has 3 heterocycles. The lowest BCUT2D eigenvalue weighted by Crippen LogP contribution is -2.03. The Morgan fingerprint density at radius 2 is 1.78 bits per heavy atom. The van der Waals surface area contributed by atoms with Gasteiger partial charge < -0.3 is 14.3 Å². The van der Waals surface area contributed by atoms with Crippen LogP contribution in [0.15, 0.2) is 71.4 Å². The van der Waals surface area contributed by atoms with E-state index in [4.69, 9.17) is 9.40 Å². The number of benzene rings is 2. The van der Waals surface area contributed by atoms with Gasteiger partial charge in [0.05, 0.1) is 29.3 Å². The van der Waals surface area contributed by atoms with Crippen molar-refractivity contribution in [2.45, 2.75) is 26.8 Å². The van der Waals surface area contributed by atoms with Crippen molar-refractivity contribution >= 4 is 22.4 Å². The SMILES string of the molecule is Cc1ncc(-c2ccc(Nc3cccc4c3nc(-c3ccc(F)cc3)n4C(C)C)cn2)o1. The van der Waals surface area contributed by atoms with E-state index in [2.05, 4.69) is 33.7 Å². The number of hydrogen-bond donors (Lipinski definition) is 1. The third-order valence-corrected chi connectivity index (χ3v) is 5.26. The molecular weight excluding hydrogens is 405 g/mol. The van der Waals surface area contributed by atoms with Gasteiger partial charge in [-0.05, 0) is 62.4 Å². The number of aromatic nitrogens is 4. The Hall–Kier alpha value is -4.00. The van der Waals surface area contributed by atoms with E-state index in [9.17, 15) is 4.39 Å². The summed E-state index contributed by atoms with van der Waals surface area (Å²) in [6, 6.07) is 16.5. The fourth-order valence-electron chi connectivity index (χ4n) is 3.79. The second kappa shape index (κ2) is 7.92. The van der Waals surface area contributed by atoms with Gasteiger partial charge in [0.2, 0.25) is 0 Å². The van der Waals surface area contributed by atoms with Crippen molar-refractivity contribution in [2.24, 2.45) is 0 Å². The highest BCUT2D eigenvalue weighted by atomic mass is 19.1. The second-order valence-electron chi connectivity index (χ2n) is 7.88. The summed E-state index contributed by atoms with van der Waals surface area (Å²) in [6.07, 6.45) is 3.42. The summed E-state index contributed by atoms with van der Waals surface area (Å²) in [6.45, 7) is 6.03. The molecule has 0 aliphatic rings. The first-order chi connectivity index (χ1) is 15.5. The largest absolute Gasteiger partial charge is 0.439 e. The minimum absolute atomic E-state index is 0.182. The average Bonchev–Trinajstić information content (AvgIpc) is 3.39. The molecule has 0 bridgehead atoms. The molecule has 0 atom stereocenters. The minimum Gasteiger partial charge on any atom is -0.439 e. The number of halogens is 1. The number of rotatable bonds is 5. The number of para-hydroxylation sites is 1. The van der Waals surface area contributed by atoms with Crippen LogP contribution in [0.2, 0.25) is 0 Å². The molecule has 0 spiro atoms. The van der Waals surface area contributed by atoms with E-state index in [1.54, 1.807) is 31.5 Å². The Bertz CT molecular complexity index is 1380. The highest BCUT2D eigenvalue weighted by Gasteiger charge is 2.17. The van der Waals surface area contributed by atoms with E-state index in [0.717, 1.165) is 39.5 Å². The number of nitrogens with zero attached hydrogens (tertiary/aromatic N) is 4. The van der Waals surface area contributed by atoms with Gasteiger partial charge in [0, 0.05) is 18.5 Å². The van der Waals surface area contributed by atoms with Gasteiger partial charge in [-0.15, -0.1) is 0 Å². The van der Waals surface area contributed by atoms with Crippen molar-refractivity contribution in [3.05, 3.63) is 78.7 Å². The maximum atomic E-state index is 13.5. The first kappa shape index (κ1) is 19.9. The summed E-state index contributed by atoms with van der Waals surface area (Å²) < 4.78 is 21.2. The van der Waals surface area contributed by atoms with E-state index < -0.39 is 0 Å². The summed E-state index contributed by atoms with van der Waals surface area (Å²) in [7, 11) is 0. The van der Waals surface area contributed by atoms with Crippen molar-refractivity contribution in [3.63, 3.8) is 0 Å². The first-order valence-corrected chi connectivity index (χ1v) is 10.4. The number of fused-ring (bicyclic) bond motifs is 1. The topological polar surface area (TPSA) is 68.8 Å². The van der Waals surface area contributed by atoms with Crippen molar-refractivity contribution in [2.75, 3.05) is 5.32 Å². The lowest BCUT2D eigenvalue weighted by Gasteiger charge is -2.13. The van der Waals surface area contributed by atoms with Crippen LogP contribution in [-0.4, -0.2) is 19.5 Å². The second-order valence-corrected chi connectivity index (χ2v) is 7.88. The molecule has 0 fully saturated rings. The molecule has 0 amide bonds. The predicted octanol–water partition coefficient (Wildman–Crippen LogP) is 6.53. The lowest BCUT2D eigenvalue weighted by molar-refractivity contribution is 0.532. The third-order valence-electron chi connectivity index (χ3n) is 5.26. The van der Waals surface area contributed by atoms with E-state index >= 15 is 0 Å². The van der Waals surface area contributed by atoms with E-state index in [1.165, 1.54) is 12.1 Å². The van der Waals surface area contributed by atoms with Gasteiger partial charge in [-0.25, -0.2) is 14.4 Å². The molecule has 32 heavy (non-hydrogen) atoms. The fraction of sp³-hybridized carbons (Fsp3) is 0.160. The van der Waals surface area contributed by atoms with Crippen LogP contribution in [0.1, 0.15) is 25.8 Å². The number of nitrogens with one attached hydrogen (secondary N) is 1. The van der Waals surface area contributed by atoms with Gasteiger partial charge in [0.15, 0.2) is 11.7 Å². The molecule has 0 radical (unpaired) electrons. The van der Waals surface area contributed by atoms with E-state index in [-0.39, 0.29) is 11.9 Å². The van der Waals surface area contributed by atoms with Crippen molar-refractivity contribution in [3.8, 4) is 22.8 Å². The Labute approximate surface area is 184 Å². The molecule has 0 unspecified atom stereocenters. The van der Waals surface area contributed by atoms with Gasteiger partial charge in [0.25, 0.3) is 0 Å². The molecule has 0 saturated carbocycles. The molecule has 160 valence electrons. The molecule has 2 aromatic carbocycles. The number of oxazole rings is 1.